The summed E-state index contributed by atoms with van der Waals surface area (Å²) in [6.07, 6.45) is 1.53. The van der Waals surface area contributed by atoms with E-state index in [1.807, 2.05) is 13.8 Å². The molecule has 0 spiro atoms. The minimum Gasteiger partial charge on any atom is -0.496 e. The monoisotopic (exact) mass is 343 g/mol. The Morgan fingerprint density at radius 1 is 1.40 bits per heavy atom. The zero-order chi connectivity index (χ0) is 18.4. The number of benzene rings is 1. The zero-order valence-electron chi connectivity index (χ0n) is 15.1. The van der Waals surface area contributed by atoms with Crippen LogP contribution >= 0.6 is 0 Å². The van der Waals surface area contributed by atoms with E-state index >= 15 is 0 Å². The van der Waals surface area contributed by atoms with Gasteiger partial charge in [0, 0.05) is 13.1 Å². The smallest absolute Gasteiger partial charge is 0.258 e. The van der Waals surface area contributed by atoms with Crippen LogP contribution < -0.4 is 4.74 Å². The van der Waals surface area contributed by atoms with Crippen molar-refractivity contribution >= 4 is 11.8 Å². The molecule has 1 aromatic rings. The number of carbonyl (C=O) groups excluding carboxylic acids is 2. The predicted molar refractivity (Wildman–Crippen MR) is 94.1 cm³/mol. The van der Waals surface area contributed by atoms with Gasteiger partial charge < -0.3 is 14.5 Å². The number of ether oxygens (including phenoxy) is 1. The van der Waals surface area contributed by atoms with Crippen molar-refractivity contribution in [2.24, 2.45) is 5.92 Å². The number of hydrogen-bond acceptors (Lipinski definition) is 4. The SMILES string of the molecule is COc1ccccc1C(=O)N(CC(=O)N1CCCC1C#N)CC(C)C. The van der Waals surface area contributed by atoms with Crippen LogP contribution in [0.4, 0.5) is 0 Å². The Balaban J connectivity index is 2.19. The van der Waals surface area contributed by atoms with Crippen LogP contribution in [0.15, 0.2) is 24.3 Å². The third kappa shape index (κ3) is 4.50. The largest absolute Gasteiger partial charge is 0.496 e. The van der Waals surface area contributed by atoms with E-state index in [0.717, 1.165) is 6.42 Å². The number of likely N-dealkylation sites (tertiary alicyclic amines) is 1. The van der Waals surface area contributed by atoms with Crippen molar-refractivity contribution < 1.29 is 14.3 Å². The summed E-state index contributed by atoms with van der Waals surface area (Å²) >= 11 is 0. The highest BCUT2D eigenvalue weighted by atomic mass is 16.5. The molecule has 0 radical (unpaired) electrons. The Bertz CT molecular complexity index is 666. The molecule has 1 fully saturated rings. The van der Waals surface area contributed by atoms with Crippen molar-refractivity contribution in [3.8, 4) is 11.8 Å². The lowest BCUT2D eigenvalue weighted by atomic mass is 10.1. The third-order valence-electron chi connectivity index (χ3n) is 4.26. The molecule has 1 aromatic carbocycles. The molecule has 6 heteroatoms. The van der Waals surface area contributed by atoms with Gasteiger partial charge in [-0.25, -0.2) is 0 Å². The number of nitriles is 1. The Morgan fingerprint density at radius 3 is 2.76 bits per heavy atom. The summed E-state index contributed by atoms with van der Waals surface area (Å²) in [5.74, 6) is 0.307. The quantitative estimate of drug-likeness (QED) is 0.794. The lowest BCUT2D eigenvalue weighted by Crippen LogP contribution is -2.45. The molecule has 134 valence electrons. The van der Waals surface area contributed by atoms with Gasteiger partial charge in [-0.15, -0.1) is 0 Å². The topological polar surface area (TPSA) is 73.6 Å². The zero-order valence-corrected chi connectivity index (χ0v) is 15.1. The van der Waals surface area contributed by atoms with Gasteiger partial charge in [0.25, 0.3) is 5.91 Å². The molecule has 0 aliphatic carbocycles. The maximum absolute atomic E-state index is 13.0. The van der Waals surface area contributed by atoms with E-state index in [4.69, 9.17) is 4.74 Å². The second kappa shape index (κ2) is 8.52. The summed E-state index contributed by atoms with van der Waals surface area (Å²) < 4.78 is 5.27. The van der Waals surface area contributed by atoms with E-state index in [0.29, 0.717) is 30.8 Å². The van der Waals surface area contributed by atoms with Gasteiger partial charge in [0.05, 0.1) is 18.7 Å². The molecule has 1 heterocycles. The van der Waals surface area contributed by atoms with Crippen LogP contribution in [-0.4, -0.2) is 54.4 Å². The van der Waals surface area contributed by atoms with E-state index in [1.165, 1.54) is 7.11 Å². The first-order valence-electron chi connectivity index (χ1n) is 8.59. The maximum Gasteiger partial charge on any atom is 0.258 e. The van der Waals surface area contributed by atoms with Crippen molar-refractivity contribution in [2.75, 3.05) is 26.7 Å². The second-order valence-electron chi connectivity index (χ2n) is 6.65. The molecule has 0 saturated carbocycles. The average molecular weight is 343 g/mol. The van der Waals surface area contributed by atoms with E-state index < -0.39 is 0 Å². The highest BCUT2D eigenvalue weighted by Gasteiger charge is 2.31. The first-order valence-corrected chi connectivity index (χ1v) is 8.59. The summed E-state index contributed by atoms with van der Waals surface area (Å²) in [7, 11) is 1.52. The molecule has 0 aromatic heterocycles. The van der Waals surface area contributed by atoms with Gasteiger partial charge in [-0.3, -0.25) is 9.59 Å². The predicted octanol–water partition coefficient (Wildman–Crippen LogP) is 2.31. The van der Waals surface area contributed by atoms with Crippen LogP contribution in [0.1, 0.15) is 37.0 Å². The number of amides is 2. The average Bonchev–Trinajstić information content (AvgIpc) is 3.09. The van der Waals surface area contributed by atoms with Crippen LogP contribution in [0.2, 0.25) is 0 Å². The van der Waals surface area contributed by atoms with Gasteiger partial charge in [-0.05, 0) is 30.9 Å². The van der Waals surface area contributed by atoms with Gasteiger partial charge in [-0.1, -0.05) is 26.0 Å². The van der Waals surface area contributed by atoms with E-state index in [1.54, 1.807) is 34.1 Å². The van der Waals surface area contributed by atoms with Gasteiger partial charge in [0.2, 0.25) is 5.91 Å². The molecule has 0 N–H and O–H groups in total. The van der Waals surface area contributed by atoms with Gasteiger partial charge in [0.15, 0.2) is 0 Å². The van der Waals surface area contributed by atoms with Crippen LogP contribution in [0.3, 0.4) is 0 Å². The van der Waals surface area contributed by atoms with Crippen molar-refractivity contribution in [2.45, 2.75) is 32.7 Å². The highest BCUT2D eigenvalue weighted by Crippen LogP contribution is 2.21. The Morgan fingerprint density at radius 2 is 2.12 bits per heavy atom. The summed E-state index contributed by atoms with van der Waals surface area (Å²) in [4.78, 5) is 28.8. The van der Waals surface area contributed by atoms with Crippen LogP contribution in [-0.2, 0) is 4.79 Å². The van der Waals surface area contributed by atoms with Crippen molar-refractivity contribution in [1.29, 1.82) is 5.26 Å². The van der Waals surface area contributed by atoms with E-state index in [2.05, 4.69) is 6.07 Å². The summed E-state index contributed by atoms with van der Waals surface area (Å²) in [5.41, 5.74) is 0.441. The van der Waals surface area contributed by atoms with Crippen molar-refractivity contribution in [1.82, 2.24) is 9.80 Å². The third-order valence-corrected chi connectivity index (χ3v) is 4.26. The minimum atomic E-state index is -0.380. The summed E-state index contributed by atoms with van der Waals surface area (Å²) in [5, 5.41) is 9.18. The Hall–Kier alpha value is -2.55. The normalized spacial score (nSPS) is 16.6. The number of nitrogens with zero attached hydrogens (tertiary/aromatic N) is 3. The van der Waals surface area contributed by atoms with Crippen molar-refractivity contribution in [3.63, 3.8) is 0 Å². The van der Waals surface area contributed by atoms with Gasteiger partial charge >= 0.3 is 0 Å². The molecule has 1 aliphatic rings. The highest BCUT2D eigenvalue weighted by molar-refractivity contribution is 5.98. The van der Waals surface area contributed by atoms with Gasteiger partial charge in [-0.2, -0.15) is 5.26 Å². The number of carbonyl (C=O) groups is 2. The number of para-hydroxylation sites is 1. The summed E-state index contributed by atoms with van der Waals surface area (Å²) in [6.45, 7) is 5.03. The molecule has 1 atom stereocenters. The first-order chi connectivity index (χ1) is 12.0. The van der Waals surface area contributed by atoms with Gasteiger partial charge in [0.1, 0.15) is 18.3 Å². The second-order valence-corrected chi connectivity index (χ2v) is 6.65. The fourth-order valence-corrected chi connectivity index (χ4v) is 3.11. The molecular formula is C19H25N3O3. The lowest BCUT2D eigenvalue weighted by molar-refractivity contribution is -0.132. The molecule has 2 rings (SSSR count). The first kappa shape index (κ1) is 18.8. The van der Waals surface area contributed by atoms with Crippen LogP contribution in [0, 0.1) is 17.2 Å². The molecule has 1 unspecified atom stereocenters. The molecular weight excluding hydrogens is 318 g/mol. The van der Waals surface area contributed by atoms with Crippen LogP contribution in [0.25, 0.3) is 0 Å². The van der Waals surface area contributed by atoms with E-state index in [-0.39, 0.29) is 30.3 Å². The number of hydrogen-bond donors (Lipinski definition) is 0. The molecule has 2 amide bonds. The lowest BCUT2D eigenvalue weighted by Gasteiger charge is -2.28. The Labute approximate surface area is 149 Å². The minimum absolute atomic E-state index is 0.0206. The number of rotatable bonds is 6. The molecule has 6 nitrogen and oxygen atoms in total. The molecule has 25 heavy (non-hydrogen) atoms. The molecule has 1 aliphatic heterocycles. The molecule has 0 bridgehead atoms. The molecule has 1 saturated heterocycles. The maximum atomic E-state index is 13.0. The fraction of sp³-hybridized carbons (Fsp3) is 0.526. The van der Waals surface area contributed by atoms with Crippen molar-refractivity contribution in [3.05, 3.63) is 29.8 Å². The summed E-state index contributed by atoms with van der Waals surface area (Å²) in [6, 6.07) is 8.80. The fourth-order valence-electron chi connectivity index (χ4n) is 3.11. The van der Waals surface area contributed by atoms with Crippen LogP contribution in [0.5, 0.6) is 5.75 Å². The standard InChI is InChI=1S/C19H25N3O3/c1-14(2)12-21(13-18(23)22-10-6-7-15(22)11-20)19(24)16-8-4-5-9-17(16)25-3/h4-5,8-9,14-15H,6-7,10,12-13H2,1-3H3. The number of methoxy groups -OCH3 is 1. The van der Waals surface area contributed by atoms with E-state index in [9.17, 15) is 14.9 Å². The Kier molecular flexibility index (Phi) is 6.40.